The Morgan fingerprint density at radius 1 is 1.05 bits per heavy atom. The molecule has 0 aliphatic carbocycles. The summed E-state index contributed by atoms with van der Waals surface area (Å²) in [7, 11) is 0. The number of nitrogens with zero attached hydrogens (tertiary/aromatic N) is 5. The van der Waals surface area contributed by atoms with Gasteiger partial charge in [-0.2, -0.15) is 0 Å². The second kappa shape index (κ2) is 10.3. The zero-order valence-electron chi connectivity index (χ0n) is 21.4. The number of benzene rings is 1. The van der Waals surface area contributed by atoms with Crippen LogP contribution in [-0.2, 0) is 11.3 Å². The van der Waals surface area contributed by atoms with E-state index in [2.05, 4.69) is 9.88 Å². The molecule has 2 fully saturated rings. The summed E-state index contributed by atoms with van der Waals surface area (Å²) >= 11 is 6.45. The van der Waals surface area contributed by atoms with Crippen molar-refractivity contribution in [3.05, 3.63) is 64.2 Å². The molecule has 0 unspecified atom stereocenters. The van der Waals surface area contributed by atoms with Gasteiger partial charge in [0.05, 0.1) is 11.1 Å². The maximum absolute atomic E-state index is 13.7. The van der Waals surface area contributed by atoms with E-state index in [9.17, 15) is 18.8 Å². The molecule has 2 aromatic heterocycles. The number of Topliss-reactive ketones (excluding diaryl/α,β-unsaturated/α-hetero) is 1. The van der Waals surface area contributed by atoms with Gasteiger partial charge in [0.1, 0.15) is 11.0 Å². The zero-order valence-corrected chi connectivity index (χ0v) is 22.1. The fraction of sp³-hybridized carbons (Fsp3) is 0.407. The van der Waals surface area contributed by atoms with Crippen LogP contribution in [0.25, 0.3) is 11.0 Å². The van der Waals surface area contributed by atoms with Gasteiger partial charge in [-0.05, 0) is 50.5 Å². The predicted octanol–water partition coefficient (Wildman–Crippen LogP) is 3.08. The zero-order chi connectivity index (χ0) is 27.1. The number of aromatic nitrogens is 2. The molecule has 2 aliphatic heterocycles. The molecule has 38 heavy (non-hydrogen) atoms. The van der Waals surface area contributed by atoms with Crippen molar-refractivity contribution in [2.75, 3.05) is 32.0 Å². The molecule has 2 saturated heterocycles. The minimum absolute atomic E-state index is 0.0224. The van der Waals surface area contributed by atoms with Crippen LogP contribution in [0.15, 0.2) is 36.5 Å². The highest BCUT2D eigenvalue weighted by Gasteiger charge is 2.34. The third-order valence-corrected chi connectivity index (χ3v) is 7.78. The number of nitrogen functional groups attached to an aromatic ring is 1. The van der Waals surface area contributed by atoms with Gasteiger partial charge in [0.25, 0.3) is 17.6 Å². The molecule has 2 aliphatic rings. The Kier molecular flexibility index (Phi) is 7.11. The van der Waals surface area contributed by atoms with Gasteiger partial charge in [-0.15, -0.1) is 0 Å². The summed E-state index contributed by atoms with van der Waals surface area (Å²) in [5, 5.41) is 0.291. The number of carbonyl (C=O) groups excluding carboxylic acids is 3. The van der Waals surface area contributed by atoms with Crippen LogP contribution in [0.5, 0.6) is 0 Å². The van der Waals surface area contributed by atoms with E-state index < -0.39 is 11.7 Å². The molecule has 11 heteroatoms. The normalized spacial score (nSPS) is 20.3. The van der Waals surface area contributed by atoms with E-state index >= 15 is 0 Å². The van der Waals surface area contributed by atoms with Crippen LogP contribution in [0.2, 0.25) is 5.15 Å². The maximum atomic E-state index is 13.7. The van der Waals surface area contributed by atoms with Crippen LogP contribution in [0.1, 0.15) is 53.0 Å². The number of hydrogen-bond donors (Lipinski definition) is 1. The Hall–Kier alpha value is -3.50. The average Bonchev–Trinajstić information content (AvgIpc) is 3.54. The van der Waals surface area contributed by atoms with Crippen LogP contribution >= 0.6 is 11.6 Å². The van der Waals surface area contributed by atoms with E-state index in [1.165, 1.54) is 29.3 Å². The Morgan fingerprint density at radius 3 is 2.42 bits per heavy atom. The van der Waals surface area contributed by atoms with Crippen molar-refractivity contribution in [1.29, 1.82) is 0 Å². The maximum Gasteiger partial charge on any atom is 0.295 e. The molecular formula is C27H30ClFN6O3. The fourth-order valence-electron chi connectivity index (χ4n) is 5.34. The topological polar surface area (TPSA) is 105 Å². The monoisotopic (exact) mass is 540 g/mol. The Morgan fingerprint density at radius 2 is 1.74 bits per heavy atom. The van der Waals surface area contributed by atoms with Crippen molar-refractivity contribution in [1.82, 2.24) is 24.4 Å². The summed E-state index contributed by atoms with van der Waals surface area (Å²) in [6, 6.07) is 7.84. The van der Waals surface area contributed by atoms with Gasteiger partial charge in [0.15, 0.2) is 5.65 Å². The summed E-state index contributed by atoms with van der Waals surface area (Å²) in [5.74, 6) is 4.18. The molecule has 2 N–H and O–H groups in total. The third-order valence-electron chi connectivity index (χ3n) is 7.50. The van der Waals surface area contributed by atoms with Crippen molar-refractivity contribution in [3.8, 4) is 0 Å². The minimum Gasteiger partial charge on any atom is -0.338 e. The van der Waals surface area contributed by atoms with Gasteiger partial charge in [-0.1, -0.05) is 23.7 Å². The van der Waals surface area contributed by atoms with Crippen LogP contribution < -0.4 is 5.84 Å². The van der Waals surface area contributed by atoms with Gasteiger partial charge in [-0.3, -0.25) is 24.0 Å². The fourth-order valence-corrected chi connectivity index (χ4v) is 5.55. The molecule has 1 aromatic carbocycles. The van der Waals surface area contributed by atoms with Gasteiger partial charge < -0.3 is 15.6 Å². The highest BCUT2D eigenvalue weighted by Crippen LogP contribution is 2.28. The van der Waals surface area contributed by atoms with Gasteiger partial charge in [0, 0.05) is 56.4 Å². The molecule has 4 heterocycles. The van der Waals surface area contributed by atoms with Crippen molar-refractivity contribution < 1.29 is 18.8 Å². The van der Waals surface area contributed by atoms with E-state index in [1.54, 1.807) is 17.0 Å². The number of pyridine rings is 1. The van der Waals surface area contributed by atoms with E-state index in [0.29, 0.717) is 38.1 Å². The van der Waals surface area contributed by atoms with E-state index in [-0.39, 0.29) is 45.7 Å². The summed E-state index contributed by atoms with van der Waals surface area (Å²) in [4.78, 5) is 49.4. The first-order chi connectivity index (χ1) is 18.1. The smallest absolute Gasteiger partial charge is 0.295 e. The van der Waals surface area contributed by atoms with Crippen LogP contribution in [0.4, 0.5) is 4.39 Å². The molecule has 2 amide bonds. The quantitative estimate of drug-likeness (QED) is 0.231. The Bertz CT molecular complexity index is 1400. The molecule has 0 bridgehead atoms. The van der Waals surface area contributed by atoms with Crippen LogP contribution in [0.3, 0.4) is 0 Å². The van der Waals surface area contributed by atoms with Crippen molar-refractivity contribution in [3.63, 3.8) is 0 Å². The number of carbonyl (C=O) groups is 3. The third kappa shape index (κ3) is 4.86. The molecule has 0 radical (unpaired) electrons. The van der Waals surface area contributed by atoms with Gasteiger partial charge in [-0.25, -0.2) is 9.37 Å². The molecule has 200 valence electrons. The predicted molar refractivity (Wildman–Crippen MR) is 142 cm³/mol. The highest BCUT2D eigenvalue weighted by atomic mass is 35.5. The summed E-state index contributed by atoms with van der Waals surface area (Å²) < 4.78 is 14.4. The lowest BCUT2D eigenvalue weighted by molar-refractivity contribution is -0.125. The summed E-state index contributed by atoms with van der Waals surface area (Å²) in [5.41, 5.74) is 1.46. The largest absolute Gasteiger partial charge is 0.338 e. The molecule has 0 saturated carbocycles. The summed E-state index contributed by atoms with van der Waals surface area (Å²) in [6.07, 6.45) is 3.08. The summed E-state index contributed by atoms with van der Waals surface area (Å²) in [6.45, 7) is 6.79. The van der Waals surface area contributed by atoms with Crippen molar-refractivity contribution in [2.45, 2.75) is 45.3 Å². The standard InChI is InChI=1S/C27H30ClFN6O3/c1-16-13-34(17(2)12-33(16)14-18-5-7-19(29)8-6-18)26(37)21-11-20-22(15-35(30)25(20)31-24(21)28)23(36)27(38)32-9-3-4-10-32/h5-8,11,15-17H,3-4,9-10,12-14,30H2,1-2H3/t16-,17+/m0/s1. The van der Waals surface area contributed by atoms with Crippen molar-refractivity contribution in [2.24, 2.45) is 0 Å². The number of fused-ring (bicyclic) bond motifs is 1. The number of piperazine rings is 1. The second-order valence-electron chi connectivity index (χ2n) is 10.2. The number of amides is 2. The molecule has 2 atom stereocenters. The van der Waals surface area contributed by atoms with Crippen LogP contribution in [0, 0.1) is 5.82 Å². The number of likely N-dealkylation sites (tertiary alicyclic amines) is 1. The average molecular weight is 541 g/mol. The lowest BCUT2D eigenvalue weighted by atomic mass is 10.0. The van der Waals surface area contributed by atoms with Gasteiger partial charge in [0.2, 0.25) is 0 Å². The Labute approximate surface area is 224 Å². The lowest BCUT2D eigenvalue weighted by Gasteiger charge is -2.44. The van der Waals surface area contributed by atoms with Crippen molar-refractivity contribution >= 4 is 40.2 Å². The minimum atomic E-state index is -0.681. The number of halogens is 2. The van der Waals surface area contributed by atoms with E-state index in [1.807, 2.05) is 13.8 Å². The van der Waals surface area contributed by atoms with E-state index in [0.717, 1.165) is 23.1 Å². The number of ketones is 1. The number of nitrogens with two attached hydrogens (primary N) is 1. The van der Waals surface area contributed by atoms with E-state index in [4.69, 9.17) is 17.4 Å². The second-order valence-corrected chi connectivity index (χ2v) is 10.5. The Balaban J connectivity index is 1.39. The lowest BCUT2D eigenvalue weighted by Crippen LogP contribution is -2.57. The molecular weight excluding hydrogens is 511 g/mol. The molecule has 9 nitrogen and oxygen atoms in total. The molecule has 3 aromatic rings. The first kappa shape index (κ1) is 26.1. The SMILES string of the molecule is C[C@@H]1CN(Cc2ccc(F)cc2)[C@@H](C)CN1C(=O)c1cc2c(C(=O)C(=O)N3CCCC3)cn(N)c2nc1Cl. The van der Waals surface area contributed by atoms with Crippen LogP contribution in [-0.4, -0.2) is 80.2 Å². The number of hydrogen-bond acceptors (Lipinski definition) is 6. The molecule has 0 spiro atoms. The molecule has 5 rings (SSSR count). The highest BCUT2D eigenvalue weighted by molar-refractivity contribution is 6.45. The van der Waals surface area contributed by atoms with Gasteiger partial charge >= 0.3 is 0 Å². The number of rotatable bonds is 5. The first-order valence-corrected chi connectivity index (χ1v) is 13.1. The first-order valence-electron chi connectivity index (χ1n) is 12.7.